The van der Waals surface area contributed by atoms with E-state index in [0.717, 1.165) is 11.3 Å². The summed E-state index contributed by atoms with van der Waals surface area (Å²) in [6, 6.07) is 8.07. The van der Waals surface area contributed by atoms with E-state index in [2.05, 4.69) is 4.90 Å². The Balaban J connectivity index is 1.46. The zero-order chi connectivity index (χ0) is 19.8. The molecule has 2 heterocycles. The number of non-ortho nitro benzene ring substituents is 1. The standard InChI is InChI=1S/C19H18ClN3O5/c1-12-8-14(23(25)26)10-15(20)18(12)21-4-6-22(7-5-21)19(24)13-2-3-16-17(9-13)28-11-27-16/h2-3,8-10H,4-7,11H2,1H3. The topological polar surface area (TPSA) is 85.2 Å². The molecule has 1 fully saturated rings. The van der Waals surface area contributed by atoms with Crippen molar-refractivity contribution in [2.45, 2.75) is 6.92 Å². The minimum Gasteiger partial charge on any atom is -0.454 e. The molecule has 1 saturated heterocycles. The molecule has 9 heteroatoms. The van der Waals surface area contributed by atoms with Crippen molar-refractivity contribution in [3.05, 3.63) is 56.6 Å². The quantitative estimate of drug-likeness (QED) is 0.577. The summed E-state index contributed by atoms with van der Waals surface area (Å²) in [6.07, 6.45) is 0. The van der Waals surface area contributed by atoms with Crippen LogP contribution in [0.5, 0.6) is 11.5 Å². The van der Waals surface area contributed by atoms with Crippen molar-refractivity contribution in [2.24, 2.45) is 0 Å². The largest absolute Gasteiger partial charge is 0.454 e. The molecule has 1 amide bonds. The number of benzene rings is 2. The monoisotopic (exact) mass is 403 g/mol. The number of anilines is 1. The summed E-state index contributed by atoms with van der Waals surface area (Å²) >= 11 is 6.31. The van der Waals surface area contributed by atoms with Crippen LogP contribution in [0.3, 0.4) is 0 Å². The van der Waals surface area contributed by atoms with Crippen LogP contribution in [-0.2, 0) is 0 Å². The summed E-state index contributed by atoms with van der Waals surface area (Å²) < 4.78 is 10.6. The molecule has 28 heavy (non-hydrogen) atoms. The third-order valence-corrected chi connectivity index (χ3v) is 5.24. The Morgan fingerprint density at radius 3 is 2.50 bits per heavy atom. The number of aryl methyl sites for hydroxylation is 1. The first-order valence-electron chi connectivity index (χ1n) is 8.82. The van der Waals surface area contributed by atoms with Gasteiger partial charge in [-0.05, 0) is 30.7 Å². The van der Waals surface area contributed by atoms with Gasteiger partial charge in [-0.1, -0.05) is 11.6 Å². The van der Waals surface area contributed by atoms with Crippen LogP contribution in [0.15, 0.2) is 30.3 Å². The molecule has 0 unspecified atom stereocenters. The number of amides is 1. The summed E-state index contributed by atoms with van der Waals surface area (Å²) in [5.41, 5.74) is 2.06. The molecule has 0 radical (unpaired) electrons. The lowest BCUT2D eigenvalue weighted by Gasteiger charge is -2.37. The maximum Gasteiger partial charge on any atom is 0.271 e. The number of carbonyl (C=O) groups is 1. The van der Waals surface area contributed by atoms with E-state index < -0.39 is 4.92 Å². The van der Waals surface area contributed by atoms with Crippen molar-refractivity contribution in [3.63, 3.8) is 0 Å². The average Bonchev–Trinajstić information content (AvgIpc) is 3.15. The number of halogens is 1. The van der Waals surface area contributed by atoms with Gasteiger partial charge in [0.15, 0.2) is 11.5 Å². The number of nitro benzene ring substituents is 1. The molecular weight excluding hydrogens is 386 g/mol. The molecule has 0 bridgehead atoms. The lowest BCUT2D eigenvalue weighted by molar-refractivity contribution is -0.384. The molecule has 2 aliphatic rings. The molecule has 146 valence electrons. The van der Waals surface area contributed by atoms with Crippen LogP contribution in [0.1, 0.15) is 15.9 Å². The van der Waals surface area contributed by atoms with E-state index in [9.17, 15) is 14.9 Å². The summed E-state index contributed by atoms with van der Waals surface area (Å²) in [7, 11) is 0. The van der Waals surface area contributed by atoms with Gasteiger partial charge in [0.1, 0.15) is 0 Å². The van der Waals surface area contributed by atoms with Crippen molar-refractivity contribution < 1.29 is 19.2 Å². The molecule has 0 aromatic heterocycles. The number of hydrogen-bond acceptors (Lipinski definition) is 6. The Labute approximate surface area is 166 Å². The lowest BCUT2D eigenvalue weighted by atomic mass is 10.1. The van der Waals surface area contributed by atoms with Gasteiger partial charge in [-0.3, -0.25) is 14.9 Å². The smallest absolute Gasteiger partial charge is 0.271 e. The van der Waals surface area contributed by atoms with Gasteiger partial charge in [0.25, 0.3) is 11.6 Å². The van der Waals surface area contributed by atoms with E-state index >= 15 is 0 Å². The van der Waals surface area contributed by atoms with E-state index in [1.807, 2.05) is 0 Å². The number of nitrogens with zero attached hydrogens (tertiary/aromatic N) is 3. The van der Waals surface area contributed by atoms with E-state index in [4.69, 9.17) is 21.1 Å². The molecule has 2 aromatic rings. The Bertz CT molecular complexity index is 934. The molecule has 4 rings (SSSR count). The Kier molecular flexibility index (Phi) is 4.72. The normalized spacial score (nSPS) is 15.6. The molecule has 2 aromatic carbocycles. The SMILES string of the molecule is Cc1cc([N+](=O)[O-])cc(Cl)c1N1CCN(C(=O)c2ccc3c(c2)OCO3)CC1. The van der Waals surface area contributed by atoms with Crippen molar-refractivity contribution in [3.8, 4) is 11.5 Å². The van der Waals surface area contributed by atoms with Crippen LogP contribution >= 0.6 is 11.6 Å². The highest BCUT2D eigenvalue weighted by molar-refractivity contribution is 6.33. The Morgan fingerprint density at radius 2 is 1.82 bits per heavy atom. The van der Waals surface area contributed by atoms with Gasteiger partial charge in [-0.2, -0.15) is 0 Å². The van der Waals surface area contributed by atoms with Crippen LogP contribution in [0.4, 0.5) is 11.4 Å². The van der Waals surface area contributed by atoms with Crippen LogP contribution < -0.4 is 14.4 Å². The molecule has 8 nitrogen and oxygen atoms in total. The highest BCUT2D eigenvalue weighted by Crippen LogP contribution is 2.35. The van der Waals surface area contributed by atoms with Gasteiger partial charge < -0.3 is 19.3 Å². The van der Waals surface area contributed by atoms with Gasteiger partial charge in [-0.15, -0.1) is 0 Å². The van der Waals surface area contributed by atoms with Crippen LogP contribution in [0.2, 0.25) is 5.02 Å². The van der Waals surface area contributed by atoms with Gasteiger partial charge in [0.2, 0.25) is 6.79 Å². The molecule has 0 spiro atoms. The molecule has 0 N–H and O–H groups in total. The second-order valence-corrected chi connectivity index (χ2v) is 7.10. The van der Waals surface area contributed by atoms with E-state index in [1.54, 1.807) is 30.0 Å². The zero-order valence-electron chi connectivity index (χ0n) is 15.2. The predicted molar refractivity (Wildman–Crippen MR) is 104 cm³/mol. The number of piperazine rings is 1. The summed E-state index contributed by atoms with van der Waals surface area (Å²) in [5.74, 6) is 1.16. The zero-order valence-corrected chi connectivity index (χ0v) is 15.9. The number of nitro groups is 1. The fourth-order valence-electron chi connectivity index (χ4n) is 3.57. The molecule has 0 aliphatic carbocycles. The van der Waals surface area contributed by atoms with Crippen LogP contribution in [-0.4, -0.2) is 48.7 Å². The van der Waals surface area contributed by atoms with E-state index in [-0.39, 0.29) is 18.4 Å². The molecule has 0 atom stereocenters. The predicted octanol–water partition coefficient (Wildman–Crippen LogP) is 3.25. The number of fused-ring (bicyclic) bond motifs is 1. The highest BCUT2D eigenvalue weighted by atomic mass is 35.5. The second-order valence-electron chi connectivity index (χ2n) is 6.70. The number of ether oxygens (including phenoxy) is 2. The molecule has 0 saturated carbocycles. The number of carbonyl (C=O) groups excluding carboxylic acids is 1. The van der Waals surface area contributed by atoms with Gasteiger partial charge >= 0.3 is 0 Å². The van der Waals surface area contributed by atoms with Gasteiger partial charge in [0.05, 0.1) is 15.6 Å². The van der Waals surface area contributed by atoms with Gasteiger partial charge in [-0.25, -0.2) is 0 Å². The van der Waals surface area contributed by atoms with Crippen LogP contribution in [0.25, 0.3) is 0 Å². The van der Waals surface area contributed by atoms with Crippen molar-refractivity contribution in [1.82, 2.24) is 4.90 Å². The fraction of sp³-hybridized carbons (Fsp3) is 0.316. The lowest BCUT2D eigenvalue weighted by Crippen LogP contribution is -2.49. The average molecular weight is 404 g/mol. The van der Waals surface area contributed by atoms with Crippen LogP contribution in [0, 0.1) is 17.0 Å². The summed E-state index contributed by atoms with van der Waals surface area (Å²) in [5, 5.41) is 11.3. The second kappa shape index (κ2) is 7.20. The Morgan fingerprint density at radius 1 is 1.11 bits per heavy atom. The minimum absolute atomic E-state index is 0.0251. The summed E-state index contributed by atoms with van der Waals surface area (Å²) in [6.45, 7) is 4.21. The van der Waals surface area contributed by atoms with Crippen molar-refractivity contribution in [1.29, 1.82) is 0 Å². The van der Waals surface area contributed by atoms with E-state index in [1.165, 1.54) is 12.1 Å². The van der Waals surface area contributed by atoms with Crippen molar-refractivity contribution in [2.75, 3.05) is 37.9 Å². The van der Waals surface area contributed by atoms with Crippen molar-refractivity contribution >= 4 is 28.9 Å². The first-order chi connectivity index (χ1) is 13.4. The third kappa shape index (κ3) is 3.31. The first-order valence-corrected chi connectivity index (χ1v) is 9.20. The first kappa shape index (κ1) is 18.4. The number of hydrogen-bond donors (Lipinski definition) is 0. The summed E-state index contributed by atoms with van der Waals surface area (Å²) in [4.78, 5) is 27.2. The molecule has 2 aliphatic heterocycles. The number of rotatable bonds is 3. The maximum absolute atomic E-state index is 12.8. The maximum atomic E-state index is 12.8. The van der Waals surface area contributed by atoms with E-state index in [0.29, 0.717) is 48.3 Å². The Hall–Kier alpha value is -3.00. The minimum atomic E-state index is -0.454. The van der Waals surface area contributed by atoms with Gasteiger partial charge in [0, 0.05) is 43.9 Å². The highest BCUT2D eigenvalue weighted by Gasteiger charge is 2.26. The fourth-order valence-corrected chi connectivity index (χ4v) is 3.95. The molecular formula is C19H18ClN3O5. The third-order valence-electron chi connectivity index (χ3n) is 4.95.